The van der Waals surface area contributed by atoms with Gasteiger partial charge in [0.2, 0.25) is 5.95 Å². The highest BCUT2D eigenvalue weighted by molar-refractivity contribution is 5.81. The predicted octanol–water partition coefficient (Wildman–Crippen LogP) is 2.80. The van der Waals surface area contributed by atoms with Crippen LogP contribution in [0.5, 0.6) is 5.88 Å². The second-order valence-corrected chi connectivity index (χ2v) is 7.25. The van der Waals surface area contributed by atoms with Crippen LogP contribution < -0.4 is 10.1 Å². The molecule has 5 heterocycles. The first kappa shape index (κ1) is 16.8. The van der Waals surface area contributed by atoms with Gasteiger partial charge in [0.15, 0.2) is 5.82 Å². The van der Waals surface area contributed by atoms with Gasteiger partial charge in [0.1, 0.15) is 11.3 Å². The van der Waals surface area contributed by atoms with Gasteiger partial charge in [-0.3, -0.25) is 4.68 Å². The van der Waals surface area contributed by atoms with E-state index in [-0.39, 0.29) is 0 Å². The van der Waals surface area contributed by atoms with E-state index in [2.05, 4.69) is 38.2 Å². The number of aromatic nitrogens is 7. The fourth-order valence-electron chi connectivity index (χ4n) is 3.71. The molecule has 9 nitrogen and oxygen atoms in total. The minimum absolute atomic E-state index is 0.527. The van der Waals surface area contributed by atoms with Crippen molar-refractivity contribution in [1.82, 2.24) is 34.1 Å². The molecule has 4 aromatic heterocycles. The van der Waals surface area contributed by atoms with Gasteiger partial charge in [0.05, 0.1) is 12.3 Å². The van der Waals surface area contributed by atoms with Crippen LogP contribution in [0.1, 0.15) is 23.2 Å². The lowest BCUT2D eigenvalue weighted by Gasteiger charge is -2.07. The van der Waals surface area contributed by atoms with E-state index in [0.29, 0.717) is 18.4 Å². The Hall–Kier alpha value is -3.36. The predicted molar refractivity (Wildman–Crippen MR) is 105 cm³/mol. The van der Waals surface area contributed by atoms with Crippen LogP contribution in [0.15, 0.2) is 18.6 Å². The molecule has 0 radical (unpaired) electrons. The van der Waals surface area contributed by atoms with E-state index in [4.69, 9.17) is 9.72 Å². The molecule has 4 aromatic rings. The Kier molecular flexibility index (Phi) is 3.65. The zero-order valence-electron chi connectivity index (χ0n) is 16.4. The normalized spacial score (nSPS) is 13.9. The molecular weight excluding hydrogens is 356 g/mol. The second-order valence-electron chi connectivity index (χ2n) is 7.25. The summed E-state index contributed by atoms with van der Waals surface area (Å²) < 4.78 is 11.8. The van der Waals surface area contributed by atoms with Gasteiger partial charge < -0.3 is 14.6 Å². The summed E-state index contributed by atoms with van der Waals surface area (Å²) in [5.41, 5.74) is 4.81. The van der Waals surface area contributed by atoms with Crippen molar-refractivity contribution in [2.24, 2.45) is 7.05 Å². The van der Waals surface area contributed by atoms with Crippen LogP contribution >= 0.6 is 0 Å². The van der Waals surface area contributed by atoms with E-state index < -0.39 is 0 Å². The molecule has 1 aliphatic heterocycles. The molecule has 1 N–H and O–H groups in total. The first-order chi connectivity index (χ1) is 13.5. The van der Waals surface area contributed by atoms with Crippen molar-refractivity contribution in [3.05, 3.63) is 35.4 Å². The molecule has 5 rings (SSSR count). The van der Waals surface area contributed by atoms with Crippen LogP contribution in [0.3, 0.4) is 0 Å². The molecule has 0 amide bonds. The molecular formula is C19H22N8O. The lowest BCUT2D eigenvalue weighted by Crippen LogP contribution is -2.06. The summed E-state index contributed by atoms with van der Waals surface area (Å²) in [5.74, 6) is 1.85. The van der Waals surface area contributed by atoms with Crippen molar-refractivity contribution in [3.63, 3.8) is 0 Å². The molecule has 9 heteroatoms. The standard InChI is InChI=1S/C19H22N8O/c1-11-10-26-6-5-7-28-18-15(21-19-20-8-14(11)17(26)22-19)13(3)27(24-18)16-12(2)9-25(4)23-16/h8-10H,5-7H2,1-4H3,(H,20,21,22). The van der Waals surface area contributed by atoms with Gasteiger partial charge in [-0.1, -0.05) is 0 Å². The Bertz CT molecular complexity index is 1200. The topological polar surface area (TPSA) is 87.6 Å². The van der Waals surface area contributed by atoms with E-state index in [9.17, 15) is 0 Å². The highest BCUT2D eigenvalue weighted by Crippen LogP contribution is 2.33. The molecule has 0 atom stereocenters. The largest absolute Gasteiger partial charge is 0.475 e. The Morgan fingerprint density at radius 1 is 1.11 bits per heavy atom. The summed E-state index contributed by atoms with van der Waals surface area (Å²) >= 11 is 0. The Labute approximate surface area is 162 Å². The van der Waals surface area contributed by atoms with Crippen molar-refractivity contribution in [1.29, 1.82) is 0 Å². The van der Waals surface area contributed by atoms with Crippen LogP contribution in [-0.4, -0.2) is 40.7 Å². The zero-order valence-corrected chi connectivity index (χ0v) is 16.4. The van der Waals surface area contributed by atoms with Crippen LogP contribution in [0.2, 0.25) is 0 Å². The van der Waals surface area contributed by atoms with E-state index >= 15 is 0 Å². The van der Waals surface area contributed by atoms with Crippen molar-refractivity contribution in [2.75, 3.05) is 11.9 Å². The van der Waals surface area contributed by atoms with Crippen LogP contribution in [0.25, 0.3) is 16.9 Å². The fourth-order valence-corrected chi connectivity index (χ4v) is 3.71. The average Bonchev–Trinajstić information content (AvgIpc) is 3.26. The van der Waals surface area contributed by atoms with Gasteiger partial charge in [-0.25, -0.2) is 9.67 Å². The second kappa shape index (κ2) is 6.08. The monoisotopic (exact) mass is 378 g/mol. The minimum Gasteiger partial charge on any atom is -0.475 e. The number of ether oxygens (including phenoxy) is 1. The highest BCUT2D eigenvalue weighted by Gasteiger charge is 2.22. The van der Waals surface area contributed by atoms with Gasteiger partial charge in [-0.05, 0) is 32.8 Å². The number of fused-ring (bicyclic) bond motifs is 2. The summed E-state index contributed by atoms with van der Waals surface area (Å²) in [5, 5.41) is 13.6. The quantitative estimate of drug-likeness (QED) is 0.548. The van der Waals surface area contributed by atoms with Gasteiger partial charge in [0.25, 0.3) is 5.88 Å². The first-order valence-electron chi connectivity index (χ1n) is 9.34. The summed E-state index contributed by atoms with van der Waals surface area (Å²) in [4.78, 5) is 9.26. The number of nitrogens with one attached hydrogen (secondary N) is 1. The van der Waals surface area contributed by atoms with Crippen molar-refractivity contribution >= 4 is 22.7 Å². The number of aryl methyl sites for hydroxylation is 4. The number of nitrogens with zero attached hydrogens (tertiary/aromatic N) is 7. The molecule has 0 aromatic carbocycles. The van der Waals surface area contributed by atoms with E-state index in [1.807, 2.05) is 38.0 Å². The Balaban J connectivity index is 1.65. The summed E-state index contributed by atoms with van der Waals surface area (Å²) in [7, 11) is 1.90. The lowest BCUT2D eigenvalue weighted by atomic mass is 10.3. The summed E-state index contributed by atoms with van der Waals surface area (Å²) in [6, 6.07) is 0. The van der Waals surface area contributed by atoms with E-state index in [1.54, 1.807) is 4.68 Å². The number of anilines is 2. The van der Waals surface area contributed by atoms with Gasteiger partial charge >= 0.3 is 0 Å². The molecule has 0 saturated heterocycles. The number of rotatable bonds is 1. The smallest absolute Gasteiger partial charge is 0.257 e. The maximum absolute atomic E-state index is 6.03. The Morgan fingerprint density at radius 3 is 2.75 bits per heavy atom. The van der Waals surface area contributed by atoms with E-state index in [0.717, 1.165) is 46.8 Å². The third-order valence-electron chi connectivity index (χ3n) is 5.10. The maximum atomic E-state index is 6.03. The van der Waals surface area contributed by atoms with Gasteiger partial charge in [-0.15, -0.1) is 5.10 Å². The molecule has 0 aliphatic carbocycles. The lowest BCUT2D eigenvalue weighted by molar-refractivity contribution is 0.291. The van der Waals surface area contributed by atoms with Crippen LogP contribution in [0.4, 0.5) is 11.6 Å². The molecule has 0 spiro atoms. The molecule has 144 valence electrons. The molecule has 2 bridgehead atoms. The number of hydrogen-bond acceptors (Lipinski definition) is 6. The molecule has 0 unspecified atom stereocenters. The number of hydrogen-bond donors (Lipinski definition) is 1. The molecule has 0 fully saturated rings. The maximum Gasteiger partial charge on any atom is 0.257 e. The summed E-state index contributed by atoms with van der Waals surface area (Å²) in [6.45, 7) is 7.48. The van der Waals surface area contributed by atoms with Crippen LogP contribution in [0, 0.1) is 20.8 Å². The first-order valence-corrected chi connectivity index (χ1v) is 9.34. The highest BCUT2D eigenvalue weighted by atomic mass is 16.5. The van der Waals surface area contributed by atoms with Gasteiger partial charge in [-0.2, -0.15) is 10.1 Å². The van der Waals surface area contributed by atoms with Crippen molar-refractivity contribution in [3.8, 4) is 11.7 Å². The zero-order chi connectivity index (χ0) is 19.4. The van der Waals surface area contributed by atoms with Crippen molar-refractivity contribution < 1.29 is 4.74 Å². The summed E-state index contributed by atoms with van der Waals surface area (Å²) in [6.07, 6.45) is 6.82. The minimum atomic E-state index is 0.527. The van der Waals surface area contributed by atoms with E-state index in [1.165, 1.54) is 5.56 Å². The average molecular weight is 378 g/mol. The SMILES string of the molecule is Cc1cn(C)nc1-n1nc2c(c1C)Nc1ncc3c(C)cn(c3n1)CCCO2. The molecule has 28 heavy (non-hydrogen) atoms. The fraction of sp³-hybridized carbons (Fsp3) is 0.368. The van der Waals surface area contributed by atoms with Crippen LogP contribution in [-0.2, 0) is 13.6 Å². The Morgan fingerprint density at radius 2 is 1.96 bits per heavy atom. The van der Waals surface area contributed by atoms with Gasteiger partial charge in [0, 0.05) is 43.1 Å². The third kappa shape index (κ3) is 2.54. The molecule has 1 aliphatic rings. The molecule has 0 saturated carbocycles. The van der Waals surface area contributed by atoms with Crippen molar-refractivity contribution in [2.45, 2.75) is 33.7 Å². The third-order valence-corrected chi connectivity index (χ3v) is 5.10.